The Hall–Kier alpha value is -1.76. The van der Waals surface area contributed by atoms with Gasteiger partial charge >= 0.3 is 0 Å². The summed E-state index contributed by atoms with van der Waals surface area (Å²) in [7, 11) is -3.18. The zero-order chi connectivity index (χ0) is 16.8. The third-order valence-corrected chi connectivity index (χ3v) is 6.24. The molecule has 1 aromatic carbocycles. The molecule has 1 aliphatic rings. The molecule has 0 aliphatic carbocycles. The van der Waals surface area contributed by atoms with Gasteiger partial charge in [-0.2, -0.15) is 4.31 Å². The van der Waals surface area contributed by atoms with E-state index >= 15 is 0 Å². The number of aromatic nitrogens is 1. The Kier molecular flexibility index (Phi) is 5.60. The molecule has 1 aromatic heterocycles. The highest BCUT2D eigenvalue weighted by Gasteiger charge is 2.26. The lowest BCUT2D eigenvalue weighted by Crippen LogP contribution is -2.49. The van der Waals surface area contributed by atoms with Crippen LogP contribution in [-0.4, -0.2) is 54.5 Å². The number of nitrogens with zero attached hydrogens (tertiary/aromatic N) is 3. The van der Waals surface area contributed by atoms with E-state index in [1.54, 1.807) is 16.7 Å². The Morgan fingerprint density at radius 1 is 0.875 bits per heavy atom. The monoisotopic (exact) mass is 345 g/mol. The number of sulfonamides is 1. The summed E-state index contributed by atoms with van der Waals surface area (Å²) in [5, 5.41) is 0. The molecule has 2 heterocycles. The van der Waals surface area contributed by atoms with Crippen molar-refractivity contribution in [2.24, 2.45) is 0 Å². The van der Waals surface area contributed by atoms with Crippen LogP contribution in [-0.2, 0) is 23.0 Å². The molecule has 0 unspecified atom stereocenters. The Labute approximate surface area is 144 Å². The summed E-state index contributed by atoms with van der Waals surface area (Å²) in [6.07, 6.45) is 4.15. The SMILES string of the molecule is O=S(=O)(CCc1ccccc1)N1CCN(Cc2ccncc2)CC1. The molecule has 0 N–H and O–H groups in total. The molecule has 1 saturated heterocycles. The van der Waals surface area contributed by atoms with Crippen molar-refractivity contribution in [2.45, 2.75) is 13.0 Å². The van der Waals surface area contributed by atoms with Gasteiger partial charge in [-0.15, -0.1) is 0 Å². The quantitative estimate of drug-likeness (QED) is 0.801. The van der Waals surface area contributed by atoms with E-state index < -0.39 is 10.0 Å². The molecule has 6 heteroatoms. The summed E-state index contributed by atoms with van der Waals surface area (Å²) in [5.41, 5.74) is 2.28. The first-order valence-corrected chi connectivity index (χ1v) is 9.87. The fourth-order valence-corrected chi connectivity index (χ4v) is 4.40. The molecule has 128 valence electrons. The van der Waals surface area contributed by atoms with Crippen molar-refractivity contribution in [1.29, 1.82) is 0 Å². The van der Waals surface area contributed by atoms with Crippen molar-refractivity contribution in [2.75, 3.05) is 31.9 Å². The molecule has 3 rings (SSSR count). The van der Waals surface area contributed by atoms with Gasteiger partial charge in [0, 0.05) is 45.1 Å². The van der Waals surface area contributed by atoms with Crippen molar-refractivity contribution in [3.8, 4) is 0 Å². The predicted octanol–water partition coefficient (Wildman–Crippen LogP) is 1.77. The zero-order valence-electron chi connectivity index (χ0n) is 13.7. The zero-order valence-corrected chi connectivity index (χ0v) is 14.5. The Balaban J connectivity index is 1.50. The van der Waals surface area contributed by atoms with Gasteiger partial charge in [0.05, 0.1) is 5.75 Å². The van der Waals surface area contributed by atoms with Crippen LogP contribution in [0.5, 0.6) is 0 Å². The summed E-state index contributed by atoms with van der Waals surface area (Å²) in [6, 6.07) is 13.8. The molecule has 24 heavy (non-hydrogen) atoms. The van der Waals surface area contributed by atoms with E-state index in [1.807, 2.05) is 42.5 Å². The van der Waals surface area contributed by atoms with Gasteiger partial charge in [0.15, 0.2) is 0 Å². The smallest absolute Gasteiger partial charge is 0.214 e. The van der Waals surface area contributed by atoms with Gasteiger partial charge in [-0.1, -0.05) is 30.3 Å². The van der Waals surface area contributed by atoms with E-state index in [2.05, 4.69) is 9.88 Å². The van der Waals surface area contributed by atoms with Crippen molar-refractivity contribution < 1.29 is 8.42 Å². The molecular formula is C18H23N3O2S. The molecule has 0 atom stereocenters. The number of benzene rings is 1. The Morgan fingerprint density at radius 3 is 2.21 bits per heavy atom. The molecule has 1 aliphatic heterocycles. The molecule has 0 radical (unpaired) electrons. The number of hydrogen-bond donors (Lipinski definition) is 0. The molecule has 0 saturated carbocycles. The molecule has 0 bridgehead atoms. The van der Waals surface area contributed by atoms with Crippen LogP contribution in [0.1, 0.15) is 11.1 Å². The van der Waals surface area contributed by atoms with Gasteiger partial charge in [-0.3, -0.25) is 9.88 Å². The van der Waals surface area contributed by atoms with E-state index in [9.17, 15) is 8.42 Å². The summed E-state index contributed by atoms with van der Waals surface area (Å²) < 4.78 is 26.7. The molecular weight excluding hydrogens is 322 g/mol. The van der Waals surface area contributed by atoms with Gasteiger partial charge in [0.25, 0.3) is 0 Å². The van der Waals surface area contributed by atoms with Gasteiger partial charge < -0.3 is 0 Å². The fraction of sp³-hybridized carbons (Fsp3) is 0.389. The summed E-state index contributed by atoms with van der Waals surface area (Å²) in [4.78, 5) is 6.31. The van der Waals surface area contributed by atoms with Crippen LogP contribution in [0.2, 0.25) is 0 Å². The second-order valence-corrected chi connectivity index (χ2v) is 8.17. The number of hydrogen-bond acceptors (Lipinski definition) is 4. The minimum atomic E-state index is -3.18. The lowest BCUT2D eigenvalue weighted by Gasteiger charge is -2.34. The highest BCUT2D eigenvalue weighted by Crippen LogP contribution is 2.12. The van der Waals surface area contributed by atoms with E-state index in [1.165, 1.54) is 5.56 Å². The second kappa shape index (κ2) is 7.88. The van der Waals surface area contributed by atoms with Crippen LogP contribution < -0.4 is 0 Å². The standard InChI is InChI=1S/C18H23N3O2S/c22-24(23,15-8-17-4-2-1-3-5-17)21-13-11-20(12-14-21)16-18-6-9-19-10-7-18/h1-7,9-10H,8,11-16H2. The second-order valence-electron chi connectivity index (χ2n) is 6.08. The normalized spacial score (nSPS) is 17.0. The van der Waals surface area contributed by atoms with E-state index in [0.717, 1.165) is 25.2 Å². The minimum Gasteiger partial charge on any atom is -0.296 e. The van der Waals surface area contributed by atoms with Crippen molar-refractivity contribution in [3.05, 3.63) is 66.0 Å². The lowest BCUT2D eigenvalue weighted by atomic mass is 10.2. The van der Waals surface area contributed by atoms with E-state index in [-0.39, 0.29) is 5.75 Å². The average Bonchev–Trinajstić information content (AvgIpc) is 2.62. The van der Waals surface area contributed by atoms with Gasteiger partial charge in [-0.25, -0.2) is 8.42 Å². The topological polar surface area (TPSA) is 53.5 Å². The lowest BCUT2D eigenvalue weighted by molar-refractivity contribution is 0.181. The summed E-state index contributed by atoms with van der Waals surface area (Å²) in [6.45, 7) is 3.53. The van der Waals surface area contributed by atoms with E-state index in [0.29, 0.717) is 19.5 Å². The van der Waals surface area contributed by atoms with Gasteiger partial charge in [-0.05, 0) is 29.7 Å². The number of pyridine rings is 1. The Morgan fingerprint density at radius 2 is 1.54 bits per heavy atom. The third kappa shape index (κ3) is 4.63. The van der Waals surface area contributed by atoms with Crippen LogP contribution in [0, 0.1) is 0 Å². The van der Waals surface area contributed by atoms with Crippen molar-refractivity contribution in [3.63, 3.8) is 0 Å². The largest absolute Gasteiger partial charge is 0.296 e. The van der Waals surface area contributed by atoms with Gasteiger partial charge in [0.2, 0.25) is 10.0 Å². The summed E-state index contributed by atoms with van der Waals surface area (Å²) in [5.74, 6) is 0.182. The highest BCUT2D eigenvalue weighted by molar-refractivity contribution is 7.89. The molecule has 5 nitrogen and oxygen atoms in total. The maximum Gasteiger partial charge on any atom is 0.214 e. The average molecular weight is 345 g/mol. The molecule has 0 spiro atoms. The van der Waals surface area contributed by atoms with Crippen LogP contribution in [0.3, 0.4) is 0 Å². The van der Waals surface area contributed by atoms with Crippen LogP contribution in [0.15, 0.2) is 54.9 Å². The summed E-state index contributed by atoms with van der Waals surface area (Å²) >= 11 is 0. The van der Waals surface area contributed by atoms with Crippen LogP contribution in [0.25, 0.3) is 0 Å². The Bertz CT molecular complexity index is 727. The predicted molar refractivity (Wildman–Crippen MR) is 95.0 cm³/mol. The van der Waals surface area contributed by atoms with Gasteiger partial charge in [0.1, 0.15) is 0 Å². The third-order valence-electron chi connectivity index (χ3n) is 4.37. The first-order chi connectivity index (χ1) is 11.6. The number of piperazine rings is 1. The fourth-order valence-electron chi connectivity index (χ4n) is 2.93. The maximum atomic E-state index is 12.5. The van der Waals surface area contributed by atoms with Crippen molar-refractivity contribution >= 4 is 10.0 Å². The van der Waals surface area contributed by atoms with E-state index in [4.69, 9.17) is 0 Å². The van der Waals surface area contributed by atoms with Crippen molar-refractivity contribution in [1.82, 2.24) is 14.2 Å². The maximum absolute atomic E-state index is 12.5. The molecule has 2 aromatic rings. The first kappa shape index (κ1) is 17.1. The molecule has 1 fully saturated rings. The van der Waals surface area contributed by atoms with Crippen LogP contribution >= 0.6 is 0 Å². The number of aryl methyl sites for hydroxylation is 1. The minimum absolute atomic E-state index is 0.182. The van der Waals surface area contributed by atoms with Crippen LogP contribution in [0.4, 0.5) is 0 Å². The first-order valence-electron chi connectivity index (χ1n) is 8.26. The molecule has 0 amide bonds. The highest BCUT2D eigenvalue weighted by atomic mass is 32.2. The number of rotatable bonds is 6.